The number of hydrogen-bond donors (Lipinski definition) is 0. The van der Waals surface area contributed by atoms with Gasteiger partial charge in [-0.05, 0) is 129 Å². The maximum Gasteiger partial charge on any atom is 0.343 e. The number of esters is 2. The van der Waals surface area contributed by atoms with Gasteiger partial charge in [0, 0.05) is 0 Å². The lowest BCUT2D eigenvalue weighted by Crippen LogP contribution is -2.09. The van der Waals surface area contributed by atoms with Gasteiger partial charge in [0.1, 0.15) is 59.9 Å². The van der Waals surface area contributed by atoms with E-state index in [1.807, 2.05) is 0 Å². The van der Waals surface area contributed by atoms with Crippen molar-refractivity contribution in [1.29, 1.82) is 0 Å². The molecule has 2 unspecified atom stereocenters. The Morgan fingerprint density at radius 3 is 1.22 bits per heavy atom. The predicted octanol–water partition coefficient (Wildman–Crippen LogP) is 7.33. The van der Waals surface area contributed by atoms with E-state index in [0.717, 1.165) is 50.4 Å². The molecule has 0 spiro atoms. The van der Waals surface area contributed by atoms with Crippen LogP contribution in [0.25, 0.3) is 0 Å². The molecule has 0 bridgehead atoms. The first-order valence-electron chi connectivity index (χ1n) is 17.1. The average molecular weight is 683 g/mol. The average Bonchev–Trinajstić information content (AvgIpc) is 4.08. The maximum atomic E-state index is 12.5. The molecular formula is C40H42O10. The van der Waals surface area contributed by atoms with E-state index in [-0.39, 0.29) is 12.2 Å². The molecule has 6 rings (SSSR count). The monoisotopic (exact) mass is 682 g/mol. The molecule has 4 aromatic carbocycles. The van der Waals surface area contributed by atoms with E-state index in [9.17, 15) is 9.59 Å². The number of benzene rings is 4. The molecule has 50 heavy (non-hydrogen) atoms. The molecule has 0 radical (unpaired) electrons. The van der Waals surface area contributed by atoms with Crippen LogP contribution in [0.1, 0.15) is 53.3 Å². The van der Waals surface area contributed by atoms with Crippen molar-refractivity contribution >= 4 is 11.9 Å². The summed E-state index contributed by atoms with van der Waals surface area (Å²) < 4.78 is 44.3. The van der Waals surface area contributed by atoms with Gasteiger partial charge in [-0.3, -0.25) is 0 Å². The van der Waals surface area contributed by atoms with E-state index in [2.05, 4.69) is 6.92 Å². The van der Waals surface area contributed by atoms with Gasteiger partial charge in [-0.15, -0.1) is 0 Å². The summed E-state index contributed by atoms with van der Waals surface area (Å²) in [6, 6.07) is 27.9. The Labute approximate surface area is 292 Å². The van der Waals surface area contributed by atoms with Crippen LogP contribution in [0, 0.1) is 5.92 Å². The lowest BCUT2D eigenvalue weighted by molar-refractivity contribution is 0.0725. The van der Waals surface area contributed by atoms with E-state index in [0.29, 0.717) is 66.5 Å². The standard InChI is InChI=1S/C40H42O10/c1-28(4-2-22-43-31-14-18-35(19-15-31)49-39(41)29-6-10-33(11-7-29)45-24-37-26-47-37)5-3-23-44-32-16-20-36(21-17-32)50-40(42)30-8-12-34(13-9-30)46-25-38-27-48-38/h6-21,28,37-38H,2-5,22-27H2,1H3. The second kappa shape index (κ2) is 17.6. The smallest absolute Gasteiger partial charge is 0.343 e. The zero-order valence-corrected chi connectivity index (χ0v) is 28.1. The minimum absolute atomic E-state index is 0.178. The molecule has 0 N–H and O–H groups in total. The van der Waals surface area contributed by atoms with Crippen LogP contribution in [0.5, 0.6) is 34.5 Å². The maximum absolute atomic E-state index is 12.5. The number of ether oxygens (including phenoxy) is 8. The molecule has 2 aliphatic heterocycles. The van der Waals surface area contributed by atoms with Crippen molar-refractivity contribution < 1.29 is 47.5 Å². The van der Waals surface area contributed by atoms with Crippen molar-refractivity contribution in [2.45, 2.75) is 44.8 Å². The van der Waals surface area contributed by atoms with Gasteiger partial charge in [-0.2, -0.15) is 0 Å². The van der Waals surface area contributed by atoms with Crippen LogP contribution in [-0.2, 0) is 9.47 Å². The summed E-state index contributed by atoms with van der Waals surface area (Å²) in [5, 5.41) is 0. The van der Waals surface area contributed by atoms with E-state index in [1.165, 1.54) is 0 Å². The Balaban J connectivity index is 0.803. The number of epoxide rings is 2. The quantitative estimate of drug-likeness (QED) is 0.0406. The fourth-order valence-corrected chi connectivity index (χ4v) is 5.01. The molecule has 2 fully saturated rings. The van der Waals surface area contributed by atoms with Crippen LogP contribution >= 0.6 is 0 Å². The number of hydrogen-bond acceptors (Lipinski definition) is 10. The SMILES string of the molecule is CC(CCCOc1ccc(OC(=O)c2ccc(OCC3CO3)cc2)cc1)CCCOc1ccc(OC(=O)c2ccc(OCC3CO3)cc2)cc1. The third-order valence-corrected chi connectivity index (χ3v) is 8.15. The Bertz CT molecular complexity index is 1520. The fourth-order valence-electron chi connectivity index (χ4n) is 5.01. The van der Waals surface area contributed by atoms with Crippen LogP contribution in [-0.4, -0.2) is 63.8 Å². The predicted molar refractivity (Wildman–Crippen MR) is 185 cm³/mol. The summed E-state index contributed by atoms with van der Waals surface area (Å²) in [6.07, 6.45) is 4.30. The molecule has 10 nitrogen and oxygen atoms in total. The normalized spacial score (nSPS) is 16.5. The second-order valence-corrected chi connectivity index (χ2v) is 12.4. The summed E-state index contributed by atoms with van der Waals surface area (Å²) in [4.78, 5) is 25.0. The third kappa shape index (κ3) is 11.5. The molecule has 2 aliphatic rings. The Morgan fingerprint density at radius 2 is 0.860 bits per heavy atom. The molecule has 10 heteroatoms. The first-order chi connectivity index (χ1) is 24.5. The van der Waals surface area contributed by atoms with Gasteiger partial charge in [-0.1, -0.05) is 6.92 Å². The van der Waals surface area contributed by atoms with Gasteiger partial charge in [0.15, 0.2) is 0 Å². The molecule has 0 amide bonds. The lowest BCUT2D eigenvalue weighted by atomic mass is 10.0. The van der Waals surface area contributed by atoms with E-state index >= 15 is 0 Å². The van der Waals surface area contributed by atoms with Crippen molar-refractivity contribution in [3.8, 4) is 34.5 Å². The summed E-state index contributed by atoms with van der Waals surface area (Å²) >= 11 is 0. The van der Waals surface area contributed by atoms with Crippen LogP contribution in [0.2, 0.25) is 0 Å². The van der Waals surface area contributed by atoms with Crippen LogP contribution < -0.4 is 28.4 Å². The first-order valence-corrected chi connectivity index (χ1v) is 17.1. The van der Waals surface area contributed by atoms with Crippen LogP contribution in [0.4, 0.5) is 0 Å². The van der Waals surface area contributed by atoms with Crippen LogP contribution in [0.3, 0.4) is 0 Å². The number of rotatable bonds is 20. The van der Waals surface area contributed by atoms with E-state index < -0.39 is 11.9 Å². The summed E-state index contributed by atoms with van der Waals surface area (Å²) in [7, 11) is 0. The summed E-state index contributed by atoms with van der Waals surface area (Å²) in [6.45, 7) is 5.95. The molecular weight excluding hydrogens is 640 g/mol. The minimum Gasteiger partial charge on any atom is -0.494 e. The highest BCUT2D eigenvalue weighted by molar-refractivity contribution is 5.91. The first kappa shape index (κ1) is 34.8. The summed E-state index contributed by atoms with van der Waals surface area (Å²) in [5.74, 6) is 3.40. The minimum atomic E-state index is -0.434. The highest BCUT2D eigenvalue weighted by Crippen LogP contribution is 2.23. The molecule has 0 aromatic heterocycles. The highest BCUT2D eigenvalue weighted by Gasteiger charge is 2.24. The van der Waals surface area contributed by atoms with Crippen LogP contribution in [0.15, 0.2) is 97.1 Å². The van der Waals surface area contributed by atoms with Gasteiger partial charge in [0.2, 0.25) is 0 Å². The number of carbonyl (C=O) groups excluding carboxylic acids is 2. The molecule has 0 aliphatic carbocycles. The molecule has 262 valence electrons. The second-order valence-electron chi connectivity index (χ2n) is 12.4. The van der Waals surface area contributed by atoms with Gasteiger partial charge in [-0.25, -0.2) is 9.59 Å². The fraction of sp³-hybridized carbons (Fsp3) is 0.350. The largest absolute Gasteiger partial charge is 0.494 e. The molecule has 0 saturated carbocycles. The topological polar surface area (TPSA) is 115 Å². The zero-order chi connectivity index (χ0) is 34.5. The zero-order valence-electron chi connectivity index (χ0n) is 28.1. The molecule has 2 heterocycles. The highest BCUT2D eigenvalue weighted by atomic mass is 16.6. The van der Waals surface area contributed by atoms with Crippen molar-refractivity contribution in [3.63, 3.8) is 0 Å². The van der Waals surface area contributed by atoms with E-state index in [1.54, 1.807) is 97.1 Å². The van der Waals surface area contributed by atoms with Crippen molar-refractivity contribution in [2.75, 3.05) is 39.6 Å². The van der Waals surface area contributed by atoms with E-state index in [4.69, 9.17) is 37.9 Å². The van der Waals surface area contributed by atoms with Crippen molar-refractivity contribution in [2.24, 2.45) is 5.92 Å². The molecule has 2 atom stereocenters. The van der Waals surface area contributed by atoms with Gasteiger partial charge in [0.25, 0.3) is 0 Å². The molecule has 4 aromatic rings. The Kier molecular flexibility index (Phi) is 12.2. The lowest BCUT2D eigenvalue weighted by Gasteiger charge is -2.13. The third-order valence-electron chi connectivity index (χ3n) is 8.15. The number of carbonyl (C=O) groups is 2. The Morgan fingerprint density at radius 1 is 0.540 bits per heavy atom. The molecule has 2 saturated heterocycles. The van der Waals surface area contributed by atoms with Gasteiger partial charge < -0.3 is 37.9 Å². The van der Waals surface area contributed by atoms with Gasteiger partial charge in [0.05, 0.1) is 37.6 Å². The van der Waals surface area contributed by atoms with Gasteiger partial charge >= 0.3 is 11.9 Å². The Hall–Kier alpha value is -5.06. The van der Waals surface area contributed by atoms with Crippen molar-refractivity contribution in [3.05, 3.63) is 108 Å². The summed E-state index contributed by atoms with van der Waals surface area (Å²) in [5.41, 5.74) is 0.889. The van der Waals surface area contributed by atoms with Crippen molar-refractivity contribution in [1.82, 2.24) is 0 Å².